The number of carbonyl (C=O) groups is 2. The molecule has 9 nitrogen and oxygen atoms in total. The van der Waals surface area contributed by atoms with Crippen molar-refractivity contribution in [1.29, 1.82) is 0 Å². The molecule has 3 heterocycles. The molecular formula is C23H21N7O2. The number of nitrogens with one attached hydrogen (secondary N) is 2. The molecule has 0 spiro atoms. The molecule has 0 saturated carbocycles. The lowest BCUT2D eigenvalue weighted by Gasteiger charge is -2.10. The number of anilines is 3. The van der Waals surface area contributed by atoms with Crippen molar-refractivity contribution in [1.82, 2.24) is 19.7 Å². The van der Waals surface area contributed by atoms with Crippen molar-refractivity contribution in [2.75, 3.05) is 16.4 Å². The van der Waals surface area contributed by atoms with E-state index in [2.05, 4.69) is 25.7 Å². The van der Waals surface area contributed by atoms with Gasteiger partial charge in [-0.25, -0.2) is 4.98 Å². The van der Waals surface area contributed by atoms with Gasteiger partial charge in [0.15, 0.2) is 0 Å². The number of rotatable bonds is 5. The second kappa shape index (κ2) is 8.68. The minimum atomic E-state index is -0.481. The van der Waals surface area contributed by atoms with Crippen LogP contribution in [0.2, 0.25) is 0 Å². The van der Waals surface area contributed by atoms with Gasteiger partial charge in [-0.1, -0.05) is 0 Å². The van der Waals surface area contributed by atoms with Gasteiger partial charge in [0, 0.05) is 60.6 Å². The maximum absolute atomic E-state index is 12.2. The van der Waals surface area contributed by atoms with E-state index in [1.807, 2.05) is 25.1 Å². The van der Waals surface area contributed by atoms with Gasteiger partial charge in [-0.05, 0) is 47.7 Å². The molecule has 9 heteroatoms. The highest BCUT2D eigenvalue weighted by atomic mass is 16.2. The Morgan fingerprint density at radius 2 is 1.84 bits per heavy atom. The molecule has 1 aromatic carbocycles. The van der Waals surface area contributed by atoms with Gasteiger partial charge in [0.1, 0.15) is 5.82 Å². The summed E-state index contributed by atoms with van der Waals surface area (Å²) in [5.74, 6) is -0.575. The summed E-state index contributed by atoms with van der Waals surface area (Å²) in [6.45, 7) is 2.01. The number of benzene rings is 1. The Bertz CT molecular complexity index is 1360. The summed E-state index contributed by atoms with van der Waals surface area (Å²) in [7, 11) is 1.74. The normalized spacial score (nSPS) is 11.1. The van der Waals surface area contributed by atoms with Gasteiger partial charge in [-0.2, -0.15) is 5.10 Å². The summed E-state index contributed by atoms with van der Waals surface area (Å²) in [6, 6.07) is 7.53. The third-order valence-electron chi connectivity index (χ3n) is 4.83. The van der Waals surface area contributed by atoms with E-state index in [0.29, 0.717) is 17.2 Å². The van der Waals surface area contributed by atoms with Crippen LogP contribution in [0.3, 0.4) is 0 Å². The summed E-state index contributed by atoms with van der Waals surface area (Å²) in [5, 5.41) is 10.8. The second-order valence-corrected chi connectivity index (χ2v) is 7.26. The molecule has 4 rings (SSSR count). The van der Waals surface area contributed by atoms with Crippen molar-refractivity contribution >= 4 is 39.8 Å². The number of hydrogen-bond donors (Lipinski definition) is 3. The number of nitrogens with zero attached hydrogens (tertiary/aromatic N) is 4. The summed E-state index contributed by atoms with van der Waals surface area (Å²) < 4.78 is 1.56. The number of aryl methyl sites for hydroxylation is 2. The minimum absolute atomic E-state index is 0.347. The van der Waals surface area contributed by atoms with Crippen LogP contribution < -0.4 is 16.4 Å². The molecule has 0 fully saturated rings. The number of nitrogen functional groups attached to an aromatic ring is 1. The fraction of sp³-hybridized carbons (Fsp3) is 0.0870. The predicted molar refractivity (Wildman–Crippen MR) is 124 cm³/mol. The Morgan fingerprint density at radius 3 is 2.56 bits per heavy atom. The van der Waals surface area contributed by atoms with Crippen LogP contribution in [0.1, 0.15) is 5.56 Å². The number of carbonyl (C=O) groups excluding carboxylic acids is 2. The molecule has 4 N–H and O–H groups in total. The second-order valence-electron chi connectivity index (χ2n) is 7.26. The van der Waals surface area contributed by atoms with E-state index in [-0.39, 0.29) is 0 Å². The van der Waals surface area contributed by atoms with E-state index in [9.17, 15) is 9.59 Å². The van der Waals surface area contributed by atoms with Crippen molar-refractivity contribution in [3.8, 4) is 11.1 Å². The van der Waals surface area contributed by atoms with Gasteiger partial charge in [-0.3, -0.25) is 19.3 Å². The van der Waals surface area contributed by atoms with Gasteiger partial charge in [0.05, 0.1) is 11.9 Å². The zero-order chi connectivity index (χ0) is 22.7. The molecule has 4 aromatic rings. The highest BCUT2D eigenvalue weighted by Gasteiger charge is 2.09. The van der Waals surface area contributed by atoms with E-state index in [1.54, 1.807) is 42.6 Å². The molecule has 0 radical (unpaired) electrons. The number of amides is 2. The number of nitrogens with two attached hydrogens (primary N) is 1. The Kier molecular flexibility index (Phi) is 5.63. The number of pyridine rings is 2. The zero-order valence-corrected chi connectivity index (χ0v) is 17.5. The molecule has 0 atom stereocenters. The number of hydrogen-bond acceptors (Lipinski definition) is 6. The Labute approximate surface area is 184 Å². The van der Waals surface area contributed by atoms with Crippen molar-refractivity contribution in [2.45, 2.75) is 6.92 Å². The fourth-order valence-electron chi connectivity index (χ4n) is 3.27. The molecule has 0 aliphatic heterocycles. The van der Waals surface area contributed by atoms with E-state index in [4.69, 9.17) is 5.73 Å². The van der Waals surface area contributed by atoms with Crippen LogP contribution in [-0.4, -0.2) is 31.6 Å². The standard InChI is InChI=1S/C23H21N7O2/c1-14-5-6-25-11-18(14)15-7-16-9-21(26-12-19(16)20(24)8-15)29-23(32)4-3-22(31)28-17-10-27-30(2)13-17/h3-13H,24H2,1-2H3,(H,28,31)(H,26,29,32)/b4-3-. The fourth-order valence-corrected chi connectivity index (χ4v) is 3.27. The largest absolute Gasteiger partial charge is 0.398 e. The lowest BCUT2D eigenvalue weighted by atomic mass is 9.99. The highest BCUT2D eigenvalue weighted by molar-refractivity contribution is 6.07. The van der Waals surface area contributed by atoms with Crippen molar-refractivity contribution in [3.05, 3.63) is 73.0 Å². The molecule has 32 heavy (non-hydrogen) atoms. The summed E-state index contributed by atoms with van der Waals surface area (Å²) >= 11 is 0. The maximum atomic E-state index is 12.2. The molecular weight excluding hydrogens is 406 g/mol. The molecule has 0 unspecified atom stereocenters. The first-order valence-electron chi connectivity index (χ1n) is 9.78. The molecule has 0 aliphatic rings. The molecule has 3 aromatic heterocycles. The predicted octanol–water partition coefficient (Wildman–Crippen LogP) is 3.05. The van der Waals surface area contributed by atoms with Gasteiger partial charge in [-0.15, -0.1) is 0 Å². The van der Waals surface area contributed by atoms with Crippen molar-refractivity contribution in [2.24, 2.45) is 7.05 Å². The average Bonchev–Trinajstić information content (AvgIpc) is 3.16. The molecule has 0 aliphatic carbocycles. The van der Waals surface area contributed by atoms with Crippen LogP contribution in [0.15, 0.2) is 67.4 Å². The first kappa shape index (κ1) is 20.7. The van der Waals surface area contributed by atoms with Gasteiger partial charge >= 0.3 is 0 Å². The van der Waals surface area contributed by atoms with Crippen LogP contribution in [0.4, 0.5) is 17.2 Å². The van der Waals surface area contributed by atoms with Crippen LogP contribution in [0.25, 0.3) is 21.9 Å². The van der Waals surface area contributed by atoms with E-state index in [1.165, 1.54) is 6.20 Å². The Balaban J connectivity index is 1.51. The van der Waals surface area contributed by atoms with Gasteiger partial charge in [0.2, 0.25) is 11.8 Å². The lowest BCUT2D eigenvalue weighted by molar-refractivity contribution is -0.114. The third-order valence-corrected chi connectivity index (χ3v) is 4.83. The van der Waals surface area contributed by atoms with Crippen LogP contribution in [-0.2, 0) is 16.6 Å². The van der Waals surface area contributed by atoms with Crippen LogP contribution in [0, 0.1) is 6.92 Å². The Morgan fingerprint density at radius 1 is 1.06 bits per heavy atom. The monoisotopic (exact) mass is 427 g/mol. The van der Waals surface area contributed by atoms with E-state index in [0.717, 1.165) is 39.6 Å². The van der Waals surface area contributed by atoms with Crippen molar-refractivity contribution < 1.29 is 9.59 Å². The summed E-state index contributed by atoms with van der Waals surface area (Å²) in [4.78, 5) is 32.6. The topological polar surface area (TPSA) is 128 Å². The SMILES string of the molecule is Cc1ccncc1-c1cc(N)c2cnc(NC(=O)/C=C\C(=O)Nc3cnn(C)c3)cc2c1. The third kappa shape index (κ3) is 4.62. The van der Waals surface area contributed by atoms with Gasteiger partial charge < -0.3 is 16.4 Å². The first-order valence-corrected chi connectivity index (χ1v) is 9.78. The summed E-state index contributed by atoms with van der Waals surface area (Å²) in [6.07, 6.45) is 10.6. The van der Waals surface area contributed by atoms with E-state index >= 15 is 0 Å². The minimum Gasteiger partial charge on any atom is -0.398 e. The Hall–Kier alpha value is -4.53. The molecule has 2 amide bonds. The molecule has 160 valence electrons. The molecule has 0 bridgehead atoms. The molecule has 0 saturated heterocycles. The average molecular weight is 427 g/mol. The maximum Gasteiger partial charge on any atom is 0.249 e. The lowest BCUT2D eigenvalue weighted by Crippen LogP contribution is -2.12. The summed E-state index contributed by atoms with van der Waals surface area (Å²) in [5.41, 5.74) is 10.3. The van der Waals surface area contributed by atoms with Gasteiger partial charge in [0.25, 0.3) is 0 Å². The number of aromatic nitrogens is 4. The first-order chi connectivity index (χ1) is 15.4. The smallest absolute Gasteiger partial charge is 0.249 e. The zero-order valence-electron chi connectivity index (χ0n) is 17.5. The highest BCUT2D eigenvalue weighted by Crippen LogP contribution is 2.31. The number of fused-ring (bicyclic) bond motifs is 1. The quantitative estimate of drug-likeness (QED) is 0.332. The van der Waals surface area contributed by atoms with E-state index < -0.39 is 11.8 Å². The van der Waals surface area contributed by atoms with Crippen LogP contribution in [0.5, 0.6) is 0 Å². The van der Waals surface area contributed by atoms with Crippen molar-refractivity contribution in [3.63, 3.8) is 0 Å². The van der Waals surface area contributed by atoms with Crippen LogP contribution >= 0.6 is 0 Å².